The lowest BCUT2D eigenvalue weighted by Gasteiger charge is -1.99. The molecule has 1 aliphatic rings. The van der Waals surface area contributed by atoms with Crippen LogP contribution in [0.3, 0.4) is 0 Å². The maximum atomic E-state index is 5.31. The lowest BCUT2D eigenvalue weighted by atomic mass is 10.0. The van der Waals surface area contributed by atoms with E-state index in [0.717, 1.165) is 11.5 Å². The first kappa shape index (κ1) is 7.30. The van der Waals surface area contributed by atoms with Gasteiger partial charge in [0.2, 0.25) is 0 Å². The van der Waals surface area contributed by atoms with Crippen molar-refractivity contribution in [2.75, 3.05) is 0 Å². The van der Waals surface area contributed by atoms with Gasteiger partial charge in [0, 0.05) is 0 Å². The molecule has 3 aromatic rings. The van der Waals surface area contributed by atoms with Crippen LogP contribution >= 0.6 is 0 Å². The Labute approximate surface area is 86.9 Å². The molecule has 1 heteroatoms. The number of hydrogen-bond acceptors (Lipinski definition) is 1. The van der Waals surface area contributed by atoms with Crippen molar-refractivity contribution in [2.45, 2.75) is 0 Å². The SMILES string of the molecule is c1ccc2cc3cc4c(cc3cc2c1)O4. The molecular weight excluding hydrogens is 184 g/mol. The van der Waals surface area contributed by atoms with Crippen molar-refractivity contribution < 1.29 is 4.74 Å². The Hall–Kier alpha value is -2.02. The van der Waals surface area contributed by atoms with Crippen LogP contribution in [0.2, 0.25) is 0 Å². The molecule has 0 aromatic heterocycles. The van der Waals surface area contributed by atoms with Gasteiger partial charge in [-0.1, -0.05) is 24.3 Å². The molecule has 0 saturated carbocycles. The summed E-state index contributed by atoms with van der Waals surface area (Å²) in [5.74, 6) is 2.05. The van der Waals surface area contributed by atoms with E-state index in [1.54, 1.807) is 0 Å². The van der Waals surface area contributed by atoms with Gasteiger partial charge >= 0.3 is 0 Å². The van der Waals surface area contributed by atoms with Gasteiger partial charge in [-0.05, 0) is 45.8 Å². The summed E-state index contributed by atoms with van der Waals surface area (Å²) < 4.78 is 5.31. The van der Waals surface area contributed by atoms with Crippen LogP contribution in [0.1, 0.15) is 0 Å². The van der Waals surface area contributed by atoms with E-state index >= 15 is 0 Å². The first-order valence-electron chi connectivity index (χ1n) is 5.04. The molecule has 15 heavy (non-hydrogen) atoms. The van der Waals surface area contributed by atoms with Gasteiger partial charge in [-0.2, -0.15) is 0 Å². The summed E-state index contributed by atoms with van der Waals surface area (Å²) in [6, 6.07) is 17.1. The number of benzene rings is 3. The zero-order valence-electron chi connectivity index (χ0n) is 8.03. The fraction of sp³-hybridized carbons (Fsp3) is 0. The Bertz CT molecular complexity index is 638. The minimum absolute atomic E-state index is 1.03. The van der Waals surface area contributed by atoms with E-state index in [0.29, 0.717) is 0 Å². The molecule has 4 rings (SSSR count). The predicted octanol–water partition coefficient (Wildman–Crippen LogP) is 4.10. The van der Waals surface area contributed by atoms with Crippen molar-refractivity contribution in [3.05, 3.63) is 48.5 Å². The maximum Gasteiger partial charge on any atom is 0.170 e. The van der Waals surface area contributed by atoms with Crippen molar-refractivity contribution in [1.29, 1.82) is 0 Å². The third-order valence-electron chi connectivity index (χ3n) is 2.95. The largest absolute Gasteiger partial charge is 0.449 e. The first-order chi connectivity index (χ1) is 7.40. The Kier molecular flexibility index (Phi) is 1.13. The Morgan fingerprint density at radius 3 is 1.67 bits per heavy atom. The zero-order valence-corrected chi connectivity index (χ0v) is 8.03. The molecular formula is C14H8O. The molecule has 0 aliphatic carbocycles. The summed E-state index contributed by atoms with van der Waals surface area (Å²) in [5.41, 5.74) is 0. The molecule has 1 heterocycles. The van der Waals surface area contributed by atoms with Gasteiger partial charge in [-0.15, -0.1) is 0 Å². The molecule has 0 spiro atoms. The number of rotatable bonds is 0. The average Bonchev–Trinajstić information content (AvgIpc) is 3.00. The van der Waals surface area contributed by atoms with Crippen LogP contribution in [-0.4, -0.2) is 0 Å². The summed E-state index contributed by atoms with van der Waals surface area (Å²) in [7, 11) is 0. The summed E-state index contributed by atoms with van der Waals surface area (Å²) in [6.07, 6.45) is 0. The van der Waals surface area contributed by atoms with Gasteiger partial charge in [0.15, 0.2) is 11.5 Å². The second kappa shape index (κ2) is 2.31. The van der Waals surface area contributed by atoms with E-state index in [4.69, 9.17) is 4.74 Å². The molecule has 3 aromatic carbocycles. The highest BCUT2D eigenvalue weighted by Crippen LogP contribution is 2.47. The second-order valence-electron chi connectivity index (χ2n) is 3.95. The lowest BCUT2D eigenvalue weighted by molar-refractivity contribution is 0.650. The summed E-state index contributed by atoms with van der Waals surface area (Å²) in [5, 5.41) is 5.08. The van der Waals surface area contributed by atoms with Crippen LogP contribution in [0.25, 0.3) is 21.5 Å². The normalized spacial score (nSPS) is 12.5. The molecule has 0 N–H and O–H groups in total. The smallest absolute Gasteiger partial charge is 0.170 e. The van der Waals surface area contributed by atoms with E-state index in [9.17, 15) is 0 Å². The van der Waals surface area contributed by atoms with Crippen molar-refractivity contribution >= 4 is 21.5 Å². The van der Waals surface area contributed by atoms with Crippen LogP contribution in [0.4, 0.5) is 0 Å². The molecule has 0 bridgehead atoms. The van der Waals surface area contributed by atoms with Gasteiger partial charge in [0.1, 0.15) is 0 Å². The van der Waals surface area contributed by atoms with Gasteiger partial charge in [-0.25, -0.2) is 0 Å². The van der Waals surface area contributed by atoms with Gasteiger partial charge in [0.05, 0.1) is 0 Å². The molecule has 0 unspecified atom stereocenters. The Balaban J connectivity index is 2.22. The van der Waals surface area contributed by atoms with Gasteiger partial charge < -0.3 is 4.74 Å². The third-order valence-corrected chi connectivity index (χ3v) is 2.95. The van der Waals surface area contributed by atoms with E-state index in [1.165, 1.54) is 21.5 Å². The molecule has 0 amide bonds. The van der Waals surface area contributed by atoms with Crippen molar-refractivity contribution in [1.82, 2.24) is 0 Å². The van der Waals surface area contributed by atoms with E-state index in [2.05, 4.69) is 48.5 Å². The Morgan fingerprint density at radius 2 is 1.13 bits per heavy atom. The predicted molar refractivity (Wildman–Crippen MR) is 61.5 cm³/mol. The molecule has 0 radical (unpaired) electrons. The maximum absolute atomic E-state index is 5.31. The van der Waals surface area contributed by atoms with E-state index in [-0.39, 0.29) is 0 Å². The van der Waals surface area contributed by atoms with Crippen LogP contribution in [0.5, 0.6) is 11.5 Å². The first-order valence-corrected chi connectivity index (χ1v) is 5.04. The molecule has 0 atom stereocenters. The van der Waals surface area contributed by atoms with Crippen molar-refractivity contribution in [2.24, 2.45) is 0 Å². The highest BCUT2D eigenvalue weighted by molar-refractivity contribution is 6.00. The molecule has 0 saturated heterocycles. The minimum atomic E-state index is 1.03. The molecule has 1 aliphatic heterocycles. The number of fused-ring (bicyclic) bond motifs is 3. The summed E-state index contributed by atoms with van der Waals surface area (Å²) >= 11 is 0. The number of hydrogen-bond donors (Lipinski definition) is 0. The quantitative estimate of drug-likeness (QED) is 0.302. The average molecular weight is 192 g/mol. The zero-order chi connectivity index (χ0) is 9.83. The van der Waals surface area contributed by atoms with Crippen LogP contribution < -0.4 is 4.74 Å². The highest BCUT2D eigenvalue weighted by atomic mass is 16.6. The summed E-state index contributed by atoms with van der Waals surface area (Å²) in [6.45, 7) is 0. The van der Waals surface area contributed by atoms with Crippen LogP contribution in [0, 0.1) is 0 Å². The topological polar surface area (TPSA) is 12.5 Å². The summed E-state index contributed by atoms with van der Waals surface area (Å²) in [4.78, 5) is 0. The monoisotopic (exact) mass is 192 g/mol. The number of ether oxygens (including phenoxy) is 1. The highest BCUT2D eigenvalue weighted by Gasteiger charge is 2.19. The standard InChI is InChI=1S/C14H8O/c1-2-4-10-6-12-8-14-13(15-14)7-11(12)5-9(10)3-1/h1-8H. The Morgan fingerprint density at radius 1 is 0.600 bits per heavy atom. The van der Waals surface area contributed by atoms with Crippen molar-refractivity contribution in [3.63, 3.8) is 0 Å². The van der Waals surface area contributed by atoms with Crippen LogP contribution in [0.15, 0.2) is 48.5 Å². The van der Waals surface area contributed by atoms with Crippen LogP contribution in [-0.2, 0) is 0 Å². The third kappa shape index (κ3) is 0.975. The molecule has 1 nitrogen and oxygen atoms in total. The minimum Gasteiger partial charge on any atom is -0.449 e. The van der Waals surface area contributed by atoms with Gasteiger partial charge in [-0.3, -0.25) is 0 Å². The lowest BCUT2D eigenvalue weighted by Crippen LogP contribution is -1.73. The molecule has 70 valence electrons. The fourth-order valence-corrected chi connectivity index (χ4v) is 2.10. The fourth-order valence-electron chi connectivity index (χ4n) is 2.10. The second-order valence-corrected chi connectivity index (χ2v) is 3.95. The molecule has 0 fully saturated rings. The van der Waals surface area contributed by atoms with E-state index in [1.807, 2.05) is 0 Å². The van der Waals surface area contributed by atoms with Crippen molar-refractivity contribution in [3.8, 4) is 11.5 Å². The van der Waals surface area contributed by atoms with E-state index < -0.39 is 0 Å². The van der Waals surface area contributed by atoms with Gasteiger partial charge in [0.25, 0.3) is 0 Å².